The Hall–Kier alpha value is -3.16. The Labute approximate surface area is 214 Å². The molecule has 0 unspecified atom stereocenters. The molecule has 36 heavy (non-hydrogen) atoms. The Morgan fingerprint density at radius 2 is 1.94 bits per heavy atom. The fourth-order valence-electron chi connectivity index (χ4n) is 4.58. The van der Waals surface area contributed by atoms with Crippen molar-refractivity contribution in [2.24, 2.45) is 11.3 Å². The quantitative estimate of drug-likeness (QED) is 0.526. The molecule has 1 saturated heterocycles. The number of likely N-dealkylation sites (tertiary alicyclic amines) is 1. The average Bonchev–Trinajstić information content (AvgIpc) is 3.56. The van der Waals surface area contributed by atoms with Gasteiger partial charge in [-0.25, -0.2) is 4.98 Å². The lowest BCUT2D eigenvalue weighted by Crippen LogP contribution is -2.57. The van der Waals surface area contributed by atoms with Crippen molar-refractivity contribution in [1.29, 1.82) is 0 Å². The van der Waals surface area contributed by atoms with Gasteiger partial charge in [-0.2, -0.15) is 0 Å². The minimum atomic E-state index is -0.624. The van der Waals surface area contributed by atoms with Crippen LogP contribution in [-0.4, -0.2) is 69.2 Å². The van der Waals surface area contributed by atoms with Crippen molar-refractivity contribution in [3.8, 4) is 0 Å². The fourth-order valence-corrected chi connectivity index (χ4v) is 4.58. The van der Waals surface area contributed by atoms with Crippen molar-refractivity contribution in [3.05, 3.63) is 54.1 Å². The van der Waals surface area contributed by atoms with Gasteiger partial charge in [0.05, 0.1) is 12.5 Å². The summed E-state index contributed by atoms with van der Waals surface area (Å²) in [6.07, 6.45) is 6.17. The highest BCUT2D eigenvalue weighted by atomic mass is 16.2. The lowest BCUT2D eigenvalue weighted by molar-refractivity contribution is -0.141. The number of imidazole rings is 1. The summed E-state index contributed by atoms with van der Waals surface area (Å²) >= 11 is 0. The number of amides is 3. The first kappa shape index (κ1) is 27.4. The van der Waals surface area contributed by atoms with Gasteiger partial charge in [0.2, 0.25) is 11.8 Å². The van der Waals surface area contributed by atoms with Crippen LogP contribution in [0.15, 0.2) is 42.9 Å². The van der Waals surface area contributed by atoms with Crippen LogP contribution in [-0.2, 0) is 16.0 Å². The number of rotatable bonds is 10. The molecule has 3 amide bonds. The highest BCUT2D eigenvalue weighted by Gasteiger charge is 2.40. The van der Waals surface area contributed by atoms with E-state index in [1.54, 1.807) is 0 Å². The SMILES string of the molecule is CC[C@@H](C)C(=O)N[C@H](C(=O)N1CCC[C@H]1CN(CCc1ccccc1)C(=O)c1cnc[nH]1)C(C)(C)C. The van der Waals surface area contributed by atoms with Gasteiger partial charge in [0.1, 0.15) is 11.7 Å². The zero-order chi connectivity index (χ0) is 26.3. The van der Waals surface area contributed by atoms with Gasteiger partial charge >= 0.3 is 0 Å². The third-order valence-corrected chi connectivity index (χ3v) is 7.08. The molecule has 0 spiro atoms. The molecular weight excluding hydrogens is 454 g/mol. The Balaban J connectivity index is 1.78. The number of nitrogens with one attached hydrogen (secondary N) is 2. The van der Waals surface area contributed by atoms with Crippen molar-refractivity contribution in [2.45, 2.75) is 72.4 Å². The molecule has 1 aromatic heterocycles. The van der Waals surface area contributed by atoms with E-state index >= 15 is 0 Å². The maximum Gasteiger partial charge on any atom is 0.271 e. The Bertz CT molecular complexity index is 1000. The molecule has 2 heterocycles. The lowest BCUT2D eigenvalue weighted by Gasteiger charge is -2.37. The van der Waals surface area contributed by atoms with Crippen LogP contribution < -0.4 is 5.32 Å². The molecule has 1 aliphatic heterocycles. The van der Waals surface area contributed by atoms with E-state index in [4.69, 9.17) is 0 Å². The van der Waals surface area contributed by atoms with Gasteiger partial charge in [0.15, 0.2) is 0 Å². The van der Waals surface area contributed by atoms with Gasteiger partial charge in [-0.1, -0.05) is 65.0 Å². The van der Waals surface area contributed by atoms with E-state index in [9.17, 15) is 14.4 Å². The molecule has 3 rings (SSSR count). The van der Waals surface area contributed by atoms with E-state index in [1.807, 2.05) is 62.6 Å². The first-order valence-electron chi connectivity index (χ1n) is 13.0. The second-order valence-electron chi connectivity index (χ2n) is 10.9. The fraction of sp³-hybridized carbons (Fsp3) is 0.571. The standard InChI is InChI=1S/C28H41N5O3/c1-6-20(2)25(34)31-24(28(3,4)5)27(36)33-15-10-13-22(33)18-32(26(35)23-17-29-19-30-23)16-14-21-11-8-7-9-12-21/h7-9,11-12,17,19-20,22,24H,6,10,13-16,18H2,1-5H3,(H,29,30)(H,31,34)/t20-,22+,24-/m1/s1. The van der Waals surface area contributed by atoms with E-state index < -0.39 is 11.5 Å². The molecule has 8 heteroatoms. The monoisotopic (exact) mass is 495 g/mol. The lowest BCUT2D eigenvalue weighted by atomic mass is 9.85. The summed E-state index contributed by atoms with van der Waals surface area (Å²) in [5.74, 6) is -0.447. The van der Waals surface area contributed by atoms with Crippen molar-refractivity contribution in [3.63, 3.8) is 0 Å². The highest BCUT2D eigenvalue weighted by molar-refractivity contribution is 5.92. The van der Waals surface area contributed by atoms with Gasteiger partial charge < -0.3 is 20.1 Å². The van der Waals surface area contributed by atoms with Gasteiger partial charge in [0, 0.05) is 31.6 Å². The van der Waals surface area contributed by atoms with Crippen LogP contribution in [0.3, 0.4) is 0 Å². The van der Waals surface area contributed by atoms with Crippen molar-refractivity contribution < 1.29 is 14.4 Å². The van der Waals surface area contributed by atoms with E-state index in [0.29, 0.717) is 25.3 Å². The summed E-state index contributed by atoms with van der Waals surface area (Å²) in [5.41, 5.74) is 1.15. The van der Waals surface area contributed by atoms with Gasteiger partial charge in [-0.05, 0) is 36.7 Å². The number of H-pyrrole nitrogens is 1. The summed E-state index contributed by atoms with van der Waals surface area (Å²) in [7, 11) is 0. The molecule has 1 aromatic carbocycles. The van der Waals surface area contributed by atoms with E-state index in [2.05, 4.69) is 27.4 Å². The average molecular weight is 496 g/mol. The molecule has 196 valence electrons. The van der Waals surface area contributed by atoms with Crippen molar-refractivity contribution in [2.75, 3.05) is 19.6 Å². The number of nitrogens with zero attached hydrogens (tertiary/aromatic N) is 3. The third-order valence-electron chi connectivity index (χ3n) is 7.08. The van der Waals surface area contributed by atoms with Crippen LogP contribution in [0.4, 0.5) is 0 Å². The number of aromatic amines is 1. The summed E-state index contributed by atoms with van der Waals surface area (Å²) < 4.78 is 0. The number of hydrogen-bond donors (Lipinski definition) is 2. The van der Waals surface area contributed by atoms with E-state index in [-0.39, 0.29) is 29.7 Å². The number of carbonyl (C=O) groups is 3. The number of benzene rings is 1. The predicted molar refractivity (Wildman–Crippen MR) is 140 cm³/mol. The third kappa shape index (κ3) is 6.95. The molecule has 0 radical (unpaired) electrons. The number of aromatic nitrogens is 2. The number of hydrogen-bond acceptors (Lipinski definition) is 4. The predicted octanol–water partition coefficient (Wildman–Crippen LogP) is 3.66. The molecule has 2 N–H and O–H groups in total. The molecule has 0 bridgehead atoms. The van der Waals surface area contributed by atoms with Crippen molar-refractivity contribution >= 4 is 17.7 Å². The van der Waals surface area contributed by atoms with Crippen molar-refractivity contribution in [1.82, 2.24) is 25.1 Å². The van der Waals surface area contributed by atoms with Gasteiger partial charge in [0.25, 0.3) is 5.91 Å². The Morgan fingerprint density at radius 1 is 1.22 bits per heavy atom. The van der Waals surface area contributed by atoms with Crippen LogP contribution in [0.1, 0.15) is 69.9 Å². The molecule has 0 aliphatic carbocycles. The number of carbonyl (C=O) groups excluding carboxylic acids is 3. The van der Waals surface area contributed by atoms with E-state index in [0.717, 1.165) is 31.2 Å². The summed E-state index contributed by atoms with van der Waals surface area (Å²) in [5, 5.41) is 3.03. The molecule has 1 fully saturated rings. The zero-order valence-electron chi connectivity index (χ0n) is 22.3. The highest BCUT2D eigenvalue weighted by Crippen LogP contribution is 2.27. The second kappa shape index (κ2) is 12.2. The van der Waals surface area contributed by atoms with Gasteiger partial charge in [-0.3, -0.25) is 14.4 Å². The van der Waals surface area contributed by atoms with E-state index in [1.165, 1.54) is 12.5 Å². The topological polar surface area (TPSA) is 98.4 Å². The smallest absolute Gasteiger partial charge is 0.271 e. The molecule has 0 saturated carbocycles. The molecule has 2 aromatic rings. The Morgan fingerprint density at radius 3 is 2.56 bits per heavy atom. The van der Waals surface area contributed by atoms with Crippen LogP contribution >= 0.6 is 0 Å². The molecular formula is C28H41N5O3. The second-order valence-corrected chi connectivity index (χ2v) is 10.9. The summed E-state index contributed by atoms with van der Waals surface area (Å²) in [6, 6.07) is 9.34. The maximum atomic E-state index is 13.8. The molecule has 1 aliphatic rings. The first-order chi connectivity index (χ1) is 17.1. The normalized spacial score (nSPS) is 17.5. The van der Waals surface area contributed by atoms with Crippen LogP contribution in [0.25, 0.3) is 0 Å². The zero-order valence-corrected chi connectivity index (χ0v) is 22.3. The molecule has 8 nitrogen and oxygen atoms in total. The van der Waals surface area contributed by atoms with Crippen LogP contribution in [0.2, 0.25) is 0 Å². The molecule has 3 atom stereocenters. The largest absolute Gasteiger partial charge is 0.344 e. The summed E-state index contributed by atoms with van der Waals surface area (Å²) in [6.45, 7) is 11.4. The minimum Gasteiger partial charge on any atom is -0.344 e. The van der Waals surface area contributed by atoms with Gasteiger partial charge in [-0.15, -0.1) is 0 Å². The first-order valence-corrected chi connectivity index (χ1v) is 13.0. The minimum absolute atomic E-state index is 0.0707. The van der Waals surface area contributed by atoms with Crippen LogP contribution in [0.5, 0.6) is 0 Å². The Kier molecular flexibility index (Phi) is 9.29. The van der Waals surface area contributed by atoms with Crippen LogP contribution in [0, 0.1) is 11.3 Å². The summed E-state index contributed by atoms with van der Waals surface area (Å²) in [4.78, 5) is 50.5. The maximum absolute atomic E-state index is 13.8.